The number of rotatable bonds is 6. The highest BCUT2D eigenvalue weighted by Gasteiger charge is 2.09. The number of nitrogens with one attached hydrogen (secondary N) is 3. The van der Waals surface area contributed by atoms with Crippen LogP contribution in [0, 0.1) is 0 Å². The number of thiocarbonyl (C=S) groups is 1. The Morgan fingerprint density at radius 1 is 0.897 bits per heavy atom. The average molecular weight is 406 g/mol. The van der Waals surface area contributed by atoms with Crippen LogP contribution in [-0.2, 0) is 11.2 Å². The van der Waals surface area contributed by atoms with Crippen LogP contribution in [0.3, 0.4) is 0 Å². The van der Waals surface area contributed by atoms with Crippen molar-refractivity contribution in [1.82, 2.24) is 10.9 Å². The molecule has 1 amide bonds. The van der Waals surface area contributed by atoms with Gasteiger partial charge in [-0.25, -0.2) is 0 Å². The van der Waals surface area contributed by atoms with Crippen molar-refractivity contribution in [2.45, 2.75) is 13.3 Å². The van der Waals surface area contributed by atoms with Crippen molar-refractivity contribution < 1.29 is 9.53 Å². The molecule has 0 aliphatic rings. The minimum Gasteiger partial charge on any atom is -0.483 e. The number of ether oxygens (including phenoxy) is 1. The zero-order valence-electron chi connectivity index (χ0n) is 16.1. The minimum absolute atomic E-state index is 0.134. The molecule has 0 saturated heterocycles. The normalized spacial score (nSPS) is 10.1. The number of aryl methyl sites for hydroxylation is 1. The monoisotopic (exact) mass is 405 g/mol. The number of para-hydroxylation sites is 2. The van der Waals surface area contributed by atoms with E-state index in [1.54, 1.807) is 0 Å². The SMILES string of the molecule is CCc1ccccc1NC(=S)NNC(=O)COc1ccccc1-c1ccccc1. The van der Waals surface area contributed by atoms with E-state index in [-0.39, 0.29) is 12.5 Å². The molecule has 148 valence electrons. The number of benzene rings is 3. The molecular weight excluding hydrogens is 382 g/mol. The molecule has 29 heavy (non-hydrogen) atoms. The molecule has 0 spiro atoms. The van der Waals surface area contributed by atoms with Gasteiger partial charge in [-0.2, -0.15) is 0 Å². The Kier molecular flexibility index (Phi) is 7.19. The quantitative estimate of drug-likeness (QED) is 0.421. The van der Waals surface area contributed by atoms with E-state index in [9.17, 15) is 4.79 Å². The van der Waals surface area contributed by atoms with E-state index in [0.717, 1.165) is 28.8 Å². The fraction of sp³-hybridized carbons (Fsp3) is 0.130. The van der Waals surface area contributed by atoms with E-state index in [4.69, 9.17) is 17.0 Å². The standard InChI is InChI=1S/C23H23N3O2S/c1-2-17-10-6-8-14-20(17)24-23(29)26-25-22(27)16-28-21-15-9-7-13-19(21)18-11-4-3-5-12-18/h3-15H,2,16H2,1H3,(H,25,27)(H2,24,26,29). The third-order valence-corrected chi connectivity index (χ3v) is 4.50. The number of carbonyl (C=O) groups excluding carboxylic acids is 1. The first-order valence-electron chi connectivity index (χ1n) is 9.38. The summed E-state index contributed by atoms with van der Waals surface area (Å²) in [5.41, 5.74) is 9.27. The number of hydrogen-bond acceptors (Lipinski definition) is 3. The first-order valence-corrected chi connectivity index (χ1v) is 9.79. The predicted octanol–water partition coefficient (Wildman–Crippen LogP) is 4.31. The van der Waals surface area contributed by atoms with Crippen LogP contribution >= 0.6 is 12.2 Å². The smallest absolute Gasteiger partial charge is 0.276 e. The number of anilines is 1. The third-order valence-electron chi connectivity index (χ3n) is 4.29. The molecular formula is C23H23N3O2S. The second-order valence-corrected chi connectivity index (χ2v) is 6.70. The second-order valence-electron chi connectivity index (χ2n) is 6.29. The van der Waals surface area contributed by atoms with E-state index in [1.165, 1.54) is 0 Å². The molecule has 0 aliphatic heterocycles. The average Bonchev–Trinajstić information content (AvgIpc) is 2.77. The number of hydrazine groups is 1. The van der Waals surface area contributed by atoms with E-state index in [1.807, 2.05) is 78.9 Å². The van der Waals surface area contributed by atoms with Gasteiger partial charge in [0.1, 0.15) is 5.75 Å². The molecule has 3 aromatic carbocycles. The molecule has 0 fully saturated rings. The predicted molar refractivity (Wildman–Crippen MR) is 121 cm³/mol. The Morgan fingerprint density at radius 3 is 2.38 bits per heavy atom. The molecule has 3 rings (SSSR count). The molecule has 0 radical (unpaired) electrons. The topological polar surface area (TPSA) is 62.4 Å². The summed E-state index contributed by atoms with van der Waals surface area (Å²) in [5.74, 6) is 0.312. The zero-order valence-corrected chi connectivity index (χ0v) is 17.0. The summed E-state index contributed by atoms with van der Waals surface area (Å²) in [7, 11) is 0. The summed E-state index contributed by atoms with van der Waals surface area (Å²) in [6.07, 6.45) is 0.882. The summed E-state index contributed by atoms with van der Waals surface area (Å²) in [4.78, 5) is 12.2. The van der Waals surface area contributed by atoms with Gasteiger partial charge in [-0.1, -0.05) is 73.7 Å². The Morgan fingerprint density at radius 2 is 1.59 bits per heavy atom. The lowest BCUT2D eigenvalue weighted by atomic mass is 10.1. The summed E-state index contributed by atoms with van der Waals surface area (Å²) < 4.78 is 5.72. The van der Waals surface area contributed by atoms with Gasteiger partial charge in [0.25, 0.3) is 5.91 Å². The van der Waals surface area contributed by atoms with Gasteiger partial charge < -0.3 is 10.1 Å². The number of carbonyl (C=O) groups is 1. The van der Waals surface area contributed by atoms with Gasteiger partial charge in [-0.3, -0.25) is 15.6 Å². The zero-order chi connectivity index (χ0) is 20.5. The van der Waals surface area contributed by atoms with Gasteiger partial charge >= 0.3 is 0 Å². The largest absolute Gasteiger partial charge is 0.483 e. The fourth-order valence-electron chi connectivity index (χ4n) is 2.86. The van der Waals surface area contributed by atoms with E-state index in [0.29, 0.717) is 10.9 Å². The second kappa shape index (κ2) is 10.2. The van der Waals surface area contributed by atoms with Crippen LogP contribution in [-0.4, -0.2) is 17.6 Å². The molecule has 0 aliphatic carbocycles. The van der Waals surface area contributed by atoms with Crippen LogP contribution in [0.25, 0.3) is 11.1 Å². The first-order chi connectivity index (χ1) is 14.2. The summed E-state index contributed by atoms with van der Waals surface area (Å²) in [6, 6.07) is 25.4. The van der Waals surface area contributed by atoms with Crippen molar-refractivity contribution >= 4 is 28.9 Å². The van der Waals surface area contributed by atoms with Gasteiger partial charge in [-0.05, 0) is 41.9 Å². The van der Waals surface area contributed by atoms with Gasteiger partial charge in [-0.15, -0.1) is 0 Å². The fourth-order valence-corrected chi connectivity index (χ4v) is 3.02. The Hall–Kier alpha value is -3.38. The third kappa shape index (κ3) is 5.80. The number of hydrogen-bond donors (Lipinski definition) is 3. The maximum atomic E-state index is 12.2. The highest BCUT2D eigenvalue weighted by molar-refractivity contribution is 7.80. The Balaban J connectivity index is 1.51. The van der Waals surface area contributed by atoms with Gasteiger partial charge in [0, 0.05) is 11.3 Å². The van der Waals surface area contributed by atoms with Crippen LogP contribution in [0.2, 0.25) is 0 Å². The molecule has 0 unspecified atom stereocenters. The molecule has 0 heterocycles. The highest BCUT2D eigenvalue weighted by atomic mass is 32.1. The first kappa shape index (κ1) is 20.4. The van der Waals surface area contributed by atoms with Crippen molar-refractivity contribution in [3.63, 3.8) is 0 Å². The van der Waals surface area contributed by atoms with Gasteiger partial charge in [0.2, 0.25) is 0 Å². The van der Waals surface area contributed by atoms with Crippen molar-refractivity contribution in [2.24, 2.45) is 0 Å². The van der Waals surface area contributed by atoms with Crippen molar-refractivity contribution in [3.8, 4) is 16.9 Å². The van der Waals surface area contributed by atoms with Crippen LogP contribution < -0.4 is 20.9 Å². The van der Waals surface area contributed by atoms with Crippen molar-refractivity contribution in [3.05, 3.63) is 84.4 Å². The summed E-state index contributed by atoms with van der Waals surface area (Å²) in [5, 5.41) is 3.40. The van der Waals surface area contributed by atoms with Gasteiger partial charge in [0.15, 0.2) is 11.7 Å². The van der Waals surface area contributed by atoms with Gasteiger partial charge in [0.05, 0.1) is 0 Å². The number of amides is 1. The van der Waals surface area contributed by atoms with E-state index >= 15 is 0 Å². The van der Waals surface area contributed by atoms with Crippen LogP contribution in [0.15, 0.2) is 78.9 Å². The lowest BCUT2D eigenvalue weighted by molar-refractivity contribution is -0.123. The molecule has 5 nitrogen and oxygen atoms in total. The summed E-state index contributed by atoms with van der Waals surface area (Å²) >= 11 is 5.25. The van der Waals surface area contributed by atoms with Crippen molar-refractivity contribution in [2.75, 3.05) is 11.9 Å². The maximum absolute atomic E-state index is 12.2. The van der Waals surface area contributed by atoms with E-state index < -0.39 is 0 Å². The minimum atomic E-state index is -0.333. The molecule has 0 saturated carbocycles. The molecule has 6 heteroatoms. The van der Waals surface area contributed by atoms with Crippen molar-refractivity contribution in [1.29, 1.82) is 0 Å². The Labute approximate surface area is 176 Å². The van der Waals surface area contributed by atoms with Crippen LogP contribution in [0.4, 0.5) is 5.69 Å². The molecule has 3 aromatic rings. The highest BCUT2D eigenvalue weighted by Crippen LogP contribution is 2.29. The lowest BCUT2D eigenvalue weighted by Gasteiger charge is -2.15. The molecule has 0 atom stereocenters. The van der Waals surface area contributed by atoms with Crippen LogP contribution in [0.5, 0.6) is 5.75 Å². The van der Waals surface area contributed by atoms with Crippen LogP contribution in [0.1, 0.15) is 12.5 Å². The molecule has 0 bridgehead atoms. The molecule has 0 aromatic heterocycles. The summed E-state index contributed by atoms with van der Waals surface area (Å²) in [6.45, 7) is 1.94. The van der Waals surface area contributed by atoms with E-state index in [2.05, 4.69) is 23.1 Å². The Bertz CT molecular complexity index is 977. The molecule has 3 N–H and O–H groups in total. The maximum Gasteiger partial charge on any atom is 0.276 e. The lowest BCUT2D eigenvalue weighted by Crippen LogP contribution is -2.45.